The highest BCUT2D eigenvalue weighted by Crippen LogP contribution is 2.26. The molecule has 0 bridgehead atoms. The molecule has 2 rings (SSSR count). The Morgan fingerprint density at radius 1 is 0.923 bits per heavy atom. The van der Waals surface area contributed by atoms with Crippen LogP contribution in [0.4, 0.5) is 0 Å². The van der Waals surface area contributed by atoms with Crippen molar-refractivity contribution in [1.82, 2.24) is 0 Å². The number of fused-ring (bicyclic) bond motifs is 1. The molecule has 0 aromatic heterocycles. The lowest BCUT2D eigenvalue weighted by molar-refractivity contribution is 0.462. The summed E-state index contributed by atoms with van der Waals surface area (Å²) in [7, 11) is 0. The molecule has 70 valence electrons. The zero-order valence-corrected chi connectivity index (χ0v) is 7.92. The van der Waals surface area contributed by atoms with Crippen LogP contribution in [0.1, 0.15) is 36.8 Å². The Balaban J connectivity index is 2.33. The molecule has 0 fully saturated rings. The first-order valence-corrected chi connectivity index (χ1v) is 5.17. The minimum Gasteiger partial charge on any atom is -0.508 e. The summed E-state index contributed by atoms with van der Waals surface area (Å²) < 4.78 is 0. The van der Waals surface area contributed by atoms with Crippen LogP contribution < -0.4 is 0 Å². The van der Waals surface area contributed by atoms with Gasteiger partial charge in [-0.25, -0.2) is 0 Å². The number of hydrogen-bond acceptors (Lipinski definition) is 1. The van der Waals surface area contributed by atoms with Gasteiger partial charge in [0.15, 0.2) is 0 Å². The molecule has 1 N–H and O–H groups in total. The molecule has 1 aliphatic carbocycles. The second-order valence-electron chi connectivity index (χ2n) is 3.83. The van der Waals surface area contributed by atoms with E-state index in [0.29, 0.717) is 5.75 Å². The van der Waals surface area contributed by atoms with Crippen molar-refractivity contribution in [1.29, 1.82) is 0 Å². The maximum atomic E-state index is 9.67. The Kier molecular flexibility index (Phi) is 2.53. The lowest BCUT2D eigenvalue weighted by Crippen LogP contribution is -1.99. The molecule has 0 spiro atoms. The summed E-state index contributed by atoms with van der Waals surface area (Å²) in [6.45, 7) is 0. The zero-order valence-electron chi connectivity index (χ0n) is 7.92. The Labute approximate surface area is 79.4 Å². The summed E-state index contributed by atoms with van der Waals surface area (Å²) in [5.41, 5.74) is 2.56. The maximum Gasteiger partial charge on any atom is 0.119 e. The fourth-order valence-electron chi connectivity index (χ4n) is 2.11. The predicted octanol–water partition coefficient (Wildman–Crippen LogP) is 3.05. The largest absolute Gasteiger partial charge is 0.508 e. The van der Waals surface area contributed by atoms with Gasteiger partial charge in [0.25, 0.3) is 0 Å². The topological polar surface area (TPSA) is 20.2 Å². The fourth-order valence-corrected chi connectivity index (χ4v) is 2.11. The van der Waals surface area contributed by atoms with E-state index < -0.39 is 0 Å². The first-order valence-electron chi connectivity index (χ1n) is 5.17. The van der Waals surface area contributed by atoms with Crippen LogP contribution in [-0.4, -0.2) is 5.11 Å². The molecular weight excluding hydrogens is 160 g/mol. The molecule has 0 heterocycles. The highest BCUT2D eigenvalue weighted by atomic mass is 16.3. The molecule has 1 aliphatic rings. The standard InChI is InChI=1S/C12H16O/c13-12-9-5-7-10-6-3-1-2-4-8-11(10)12/h5,7,9,13H,1-4,6,8H2. The molecule has 0 amide bonds. The molecule has 0 atom stereocenters. The average Bonchev–Trinajstić information content (AvgIpc) is 2.07. The van der Waals surface area contributed by atoms with Crippen LogP contribution in [0.25, 0.3) is 0 Å². The number of rotatable bonds is 0. The van der Waals surface area contributed by atoms with E-state index in [9.17, 15) is 5.11 Å². The summed E-state index contributed by atoms with van der Waals surface area (Å²) in [6, 6.07) is 5.91. The van der Waals surface area contributed by atoms with E-state index in [4.69, 9.17) is 0 Å². The van der Waals surface area contributed by atoms with Gasteiger partial charge >= 0.3 is 0 Å². The van der Waals surface area contributed by atoms with E-state index in [-0.39, 0.29) is 0 Å². The van der Waals surface area contributed by atoms with Gasteiger partial charge in [-0.2, -0.15) is 0 Å². The van der Waals surface area contributed by atoms with Crippen molar-refractivity contribution in [2.45, 2.75) is 38.5 Å². The van der Waals surface area contributed by atoms with E-state index in [1.807, 2.05) is 6.07 Å². The molecule has 0 radical (unpaired) electrons. The maximum absolute atomic E-state index is 9.67. The van der Waals surface area contributed by atoms with E-state index >= 15 is 0 Å². The number of phenols is 1. The first-order chi connectivity index (χ1) is 6.38. The highest BCUT2D eigenvalue weighted by Gasteiger charge is 2.09. The minimum absolute atomic E-state index is 0.499. The van der Waals surface area contributed by atoms with E-state index in [2.05, 4.69) is 6.07 Å². The van der Waals surface area contributed by atoms with Crippen molar-refractivity contribution in [3.63, 3.8) is 0 Å². The van der Waals surface area contributed by atoms with Gasteiger partial charge in [-0.1, -0.05) is 25.0 Å². The predicted molar refractivity (Wildman–Crippen MR) is 54.0 cm³/mol. The smallest absolute Gasteiger partial charge is 0.119 e. The Morgan fingerprint density at radius 3 is 2.54 bits per heavy atom. The van der Waals surface area contributed by atoms with Crippen LogP contribution in [-0.2, 0) is 12.8 Å². The lowest BCUT2D eigenvalue weighted by atomic mass is 9.93. The Bertz CT molecular complexity index is 291. The summed E-state index contributed by atoms with van der Waals surface area (Å²) in [5.74, 6) is 0.499. The average molecular weight is 176 g/mol. The van der Waals surface area contributed by atoms with Gasteiger partial charge in [0.05, 0.1) is 0 Å². The van der Waals surface area contributed by atoms with Gasteiger partial charge in [-0.3, -0.25) is 0 Å². The second kappa shape index (κ2) is 3.82. The van der Waals surface area contributed by atoms with Gasteiger partial charge in [-0.05, 0) is 42.9 Å². The second-order valence-corrected chi connectivity index (χ2v) is 3.83. The van der Waals surface area contributed by atoms with Crippen LogP contribution in [0.3, 0.4) is 0 Å². The molecule has 1 heteroatoms. The van der Waals surface area contributed by atoms with Crippen molar-refractivity contribution >= 4 is 0 Å². The zero-order chi connectivity index (χ0) is 9.10. The van der Waals surface area contributed by atoms with Gasteiger partial charge < -0.3 is 5.11 Å². The SMILES string of the molecule is Oc1cccc2c1CCCCCC2. The molecule has 0 unspecified atom stereocenters. The van der Waals surface area contributed by atoms with Gasteiger partial charge in [0, 0.05) is 0 Å². The summed E-state index contributed by atoms with van der Waals surface area (Å²) in [5, 5.41) is 9.67. The summed E-state index contributed by atoms with van der Waals surface area (Å²) in [6.07, 6.45) is 7.36. The van der Waals surface area contributed by atoms with Crippen molar-refractivity contribution in [3.8, 4) is 5.75 Å². The van der Waals surface area contributed by atoms with Crippen LogP contribution in [0, 0.1) is 0 Å². The van der Waals surface area contributed by atoms with Crippen LogP contribution in [0.15, 0.2) is 18.2 Å². The number of aryl methyl sites for hydroxylation is 1. The van der Waals surface area contributed by atoms with Gasteiger partial charge in [0.1, 0.15) is 5.75 Å². The first kappa shape index (κ1) is 8.61. The molecule has 13 heavy (non-hydrogen) atoms. The number of benzene rings is 1. The molecule has 0 saturated heterocycles. The minimum atomic E-state index is 0.499. The molecule has 1 nitrogen and oxygen atoms in total. The van der Waals surface area contributed by atoms with Crippen molar-refractivity contribution in [3.05, 3.63) is 29.3 Å². The van der Waals surface area contributed by atoms with Crippen molar-refractivity contribution in [2.24, 2.45) is 0 Å². The van der Waals surface area contributed by atoms with E-state index in [1.165, 1.54) is 36.8 Å². The van der Waals surface area contributed by atoms with E-state index in [0.717, 1.165) is 12.8 Å². The molecule has 1 aromatic carbocycles. The van der Waals surface area contributed by atoms with Crippen LogP contribution >= 0.6 is 0 Å². The van der Waals surface area contributed by atoms with Crippen LogP contribution in [0.2, 0.25) is 0 Å². The third-order valence-corrected chi connectivity index (χ3v) is 2.87. The molecule has 1 aromatic rings. The van der Waals surface area contributed by atoms with Gasteiger partial charge in [-0.15, -0.1) is 0 Å². The molecule has 0 aliphatic heterocycles. The monoisotopic (exact) mass is 176 g/mol. The quantitative estimate of drug-likeness (QED) is 0.644. The number of phenolic OH excluding ortho intramolecular Hbond substituents is 1. The van der Waals surface area contributed by atoms with Crippen molar-refractivity contribution in [2.75, 3.05) is 0 Å². The molecular formula is C12H16O. The number of aromatic hydroxyl groups is 1. The fraction of sp³-hybridized carbons (Fsp3) is 0.500. The van der Waals surface area contributed by atoms with Crippen LogP contribution in [0.5, 0.6) is 5.75 Å². The Morgan fingerprint density at radius 2 is 1.69 bits per heavy atom. The summed E-state index contributed by atoms with van der Waals surface area (Å²) in [4.78, 5) is 0. The molecule has 0 saturated carbocycles. The van der Waals surface area contributed by atoms with E-state index in [1.54, 1.807) is 6.07 Å². The normalized spacial score (nSPS) is 17.2. The highest BCUT2D eigenvalue weighted by molar-refractivity contribution is 5.39. The summed E-state index contributed by atoms with van der Waals surface area (Å²) >= 11 is 0. The third kappa shape index (κ3) is 1.85. The Hall–Kier alpha value is -0.980. The number of hydrogen-bond donors (Lipinski definition) is 1. The van der Waals surface area contributed by atoms with Gasteiger partial charge in [0.2, 0.25) is 0 Å². The third-order valence-electron chi connectivity index (χ3n) is 2.87. The van der Waals surface area contributed by atoms with Crippen molar-refractivity contribution < 1.29 is 5.11 Å². The lowest BCUT2D eigenvalue weighted by Gasteiger charge is -2.14.